The standard InChI is InChI=1S/C30H28N6O2/c31-28-27-26(20-6-12-25(13-7-20)38-24-4-2-1-3-5-24)18-36(29(27)34-19-33-28)23-10-8-22(9-11-23)35-30(37)21-14-16-32-17-15-21/h1-7,12-19,22-23H,8-11H2,(H,35,37)(H2,31,33,34). The SMILES string of the molecule is Nc1ncnc2c1c(-c1ccc(Oc3ccccc3)cc1)cn2C1CCC(NC(=O)c2ccncc2)CC1. The molecule has 190 valence electrons. The number of rotatable bonds is 6. The Balaban J connectivity index is 1.21. The smallest absolute Gasteiger partial charge is 0.251 e. The lowest BCUT2D eigenvalue weighted by molar-refractivity contribution is 0.0922. The van der Waals surface area contributed by atoms with Crippen molar-refractivity contribution in [2.45, 2.75) is 37.8 Å². The van der Waals surface area contributed by atoms with Crippen molar-refractivity contribution in [3.05, 3.63) is 97.2 Å². The molecule has 0 spiro atoms. The van der Waals surface area contributed by atoms with E-state index in [1.165, 1.54) is 6.33 Å². The minimum Gasteiger partial charge on any atom is -0.457 e. The summed E-state index contributed by atoms with van der Waals surface area (Å²) >= 11 is 0. The van der Waals surface area contributed by atoms with Crippen LogP contribution in [0.4, 0.5) is 5.82 Å². The number of anilines is 1. The molecule has 0 atom stereocenters. The van der Waals surface area contributed by atoms with Crippen LogP contribution in [0.1, 0.15) is 42.1 Å². The summed E-state index contributed by atoms with van der Waals surface area (Å²) in [5, 5.41) is 4.03. The predicted octanol–water partition coefficient (Wildman–Crippen LogP) is 5.78. The van der Waals surface area contributed by atoms with Gasteiger partial charge in [-0.3, -0.25) is 9.78 Å². The summed E-state index contributed by atoms with van der Waals surface area (Å²) in [6.07, 6.45) is 10.6. The van der Waals surface area contributed by atoms with Crippen LogP contribution in [0.2, 0.25) is 0 Å². The lowest BCUT2D eigenvalue weighted by atomic mass is 9.91. The first kappa shape index (κ1) is 23.7. The number of nitrogens with zero attached hydrogens (tertiary/aromatic N) is 4. The van der Waals surface area contributed by atoms with Crippen LogP contribution >= 0.6 is 0 Å². The second-order valence-electron chi connectivity index (χ2n) is 9.56. The Morgan fingerprint density at radius 1 is 0.895 bits per heavy atom. The number of pyridine rings is 1. The van der Waals surface area contributed by atoms with E-state index >= 15 is 0 Å². The molecule has 3 aromatic heterocycles. The van der Waals surface area contributed by atoms with Gasteiger partial charge in [-0.2, -0.15) is 0 Å². The van der Waals surface area contributed by atoms with Crippen molar-refractivity contribution >= 4 is 22.8 Å². The highest BCUT2D eigenvalue weighted by atomic mass is 16.5. The van der Waals surface area contributed by atoms with E-state index in [4.69, 9.17) is 10.5 Å². The van der Waals surface area contributed by atoms with Crippen LogP contribution < -0.4 is 15.8 Å². The minimum absolute atomic E-state index is 0.0512. The Kier molecular flexibility index (Phi) is 6.44. The van der Waals surface area contributed by atoms with Gasteiger partial charge in [0.15, 0.2) is 0 Å². The van der Waals surface area contributed by atoms with Crippen LogP contribution in [0.25, 0.3) is 22.2 Å². The van der Waals surface area contributed by atoms with Gasteiger partial charge in [-0.25, -0.2) is 9.97 Å². The molecule has 2 aromatic carbocycles. The maximum atomic E-state index is 12.6. The third-order valence-electron chi connectivity index (χ3n) is 7.15. The number of ether oxygens (including phenoxy) is 1. The summed E-state index contributed by atoms with van der Waals surface area (Å²) in [5.74, 6) is 1.97. The second kappa shape index (κ2) is 10.3. The predicted molar refractivity (Wildman–Crippen MR) is 147 cm³/mol. The number of carbonyl (C=O) groups is 1. The van der Waals surface area contributed by atoms with E-state index in [-0.39, 0.29) is 18.0 Å². The highest BCUT2D eigenvalue weighted by Crippen LogP contribution is 2.38. The van der Waals surface area contributed by atoms with Gasteiger partial charge in [-0.1, -0.05) is 30.3 Å². The van der Waals surface area contributed by atoms with Crippen LogP contribution in [-0.2, 0) is 0 Å². The van der Waals surface area contributed by atoms with Gasteiger partial charge in [0, 0.05) is 41.8 Å². The highest BCUT2D eigenvalue weighted by Gasteiger charge is 2.26. The molecular weight excluding hydrogens is 476 g/mol. The number of hydrogen-bond acceptors (Lipinski definition) is 6. The van der Waals surface area contributed by atoms with Gasteiger partial charge in [0.25, 0.3) is 5.91 Å². The summed E-state index contributed by atoms with van der Waals surface area (Å²) in [7, 11) is 0. The van der Waals surface area contributed by atoms with Crippen molar-refractivity contribution in [2.24, 2.45) is 0 Å². The number of amides is 1. The van der Waals surface area contributed by atoms with Crippen LogP contribution in [0, 0.1) is 0 Å². The molecule has 5 aromatic rings. The number of benzene rings is 2. The van der Waals surface area contributed by atoms with Crippen LogP contribution in [0.3, 0.4) is 0 Å². The first-order valence-corrected chi connectivity index (χ1v) is 12.8. The molecule has 8 nitrogen and oxygen atoms in total. The monoisotopic (exact) mass is 504 g/mol. The molecular formula is C30H28N6O2. The molecule has 1 fully saturated rings. The maximum Gasteiger partial charge on any atom is 0.251 e. The number of nitrogens with two attached hydrogens (primary N) is 1. The Labute approximate surface area is 220 Å². The molecule has 6 rings (SSSR count). The molecule has 1 saturated carbocycles. The minimum atomic E-state index is -0.0512. The molecule has 0 radical (unpaired) electrons. The lowest BCUT2D eigenvalue weighted by Crippen LogP contribution is -2.38. The summed E-state index contributed by atoms with van der Waals surface area (Å²) < 4.78 is 8.19. The second-order valence-corrected chi connectivity index (χ2v) is 9.56. The summed E-state index contributed by atoms with van der Waals surface area (Å²) in [4.78, 5) is 25.5. The molecule has 1 aliphatic rings. The van der Waals surface area contributed by atoms with Crippen LogP contribution in [-0.4, -0.2) is 31.5 Å². The first-order chi connectivity index (χ1) is 18.7. The quantitative estimate of drug-likeness (QED) is 0.303. The van der Waals surface area contributed by atoms with E-state index in [1.54, 1.807) is 24.5 Å². The van der Waals surface area contributed by atoms with Crippen LogP contribution in [0.5, 0.6) is 11.5 Å². The van der Waals surface area contributed by atoms with E-state index in [0.717, 1.165) is 59.3 Å². The lowest BCUT2D eigenvalue weighted by Gasteiger charge is -2.30. The molecule has 3 heterocycles. The van der Waals surface area contributed by atoms with E-state index in [9.17, 15) is 4.79 Å². The zero-order chi connectivity index (χ0) is 25.9. The highest BCUT2D eigenvalue weighted by molar-refractivity contribution is 6.00. The zero-order valence-corrected chi connectivity index (χ0v) is 20.8. The Hall–Kier alpha value is -4.72. The number of nitrogen functional groups attached to an aromatic ring is 1. The molecule has 0 aliphatic heterocycles. The van der Waals surface area contributed by atoms with Crippen molar-refractivity contribution in [3.63, 3.8) is 0 Å². The molecule has 1 aliphatic carbocycles. The molecule has 3 N–H and O–H groups in total. The Bertz CT molecular complexity index is 1540. The number of hydrogen-bond donors (Lipinski definition) is 2. The van der Waals surface area contributed by atoms with Crippen molar-refractivity contribution < 1.29 is 9.53 Å². The molecule has 0 unspecified atom stereocenters. The summed E-state index contributed by atoms with van der Waals surface area (Å²) in [6, 6.07) is 21.6. The third-order valence-corrected chi connectivity index (χ3v) is 7.15. The zero-order valence-electron chi connectivity index (χ0n) is 20.8. The number of aromatic nitrogens is 4. The largest absolute Gasteiger partial charge is 0.457 e. The van der Waals surface area contributed by atoms with E-state index in [0.29, 0.717) is 11.4 Å². The van der Waals surface area contributed by atoms with Gasteiger partial charge in [-0.15, -0.1) is 0 Å². The molecule has 8 heteroatoms. The van der Waals surface area contributed by atoms with E-state index in [1.807, 2.05) is 54.6 Å². The van der Waals surface area contributed by atoms with Gasteiger partial charge in [0.05, 0.1) is 5.39 Å². The fraction of sp³-hybridized carbons (Fsp3) is 0.200. The fourth-order valence-corrected chi connectivity index (χ4v) is 5.20. The van der Waals surface area contributed by atoms with Crippen molar-refractivity contribution in [2.75, 3.05) is 5.73 Å². The van der Waals surface area contributed by atoms with Gasteiger partial charge in [0.2, 0.25) is 0 Å². The van der Waals surface area contributed by atoms with Gasteiger partial charge in [-0.05, 0) is 67.6 Å². The molecule has 38 heavy (non-hydrogen) atoms. The summed E-state index contributed by atoms with van der Waals surface area (Å²) in [6.45, 7) is 0. The Morgan fingerprint density at radius 2 is 1.61 bits per heavy atom. The van der Waals surface area contributed by atoms with Gasteiger partial charge >= 0.3 is 0 Å². The number of nitrogens with one attached hydrogen (secondary N) is 1. The van der Waals surface area contributed by atoms with E-state index < -0.39 is 0 Å². The number of para-hydroxylation sites is 1. The number of fused-ring (bicyclic) bond motifs is 1. The van der Waals surface area contributed by atoms with Gasteiger partial charge < -0.3 is 20.4 Å². The van der Waals surface area contributed by atoms with Crippen molar-refractivity contribution in [1.29, 1.82) is 0 Å². The normalized spacial score (nSPS) is 17.3. The van der Waals surface area contributed by atoms with Gasteiger partial charge in [0.1, 0.15) is 29.3 Å². The Morgan fingerprint density at radius 3 is 2.34 bits per heavy atom. The third kappa shape index (κ3) is 4.80. The average molecular weight is 505 g/mol. The van der Waals surface area contributed by atoms with Crippen LogP contribution in [0.15, 0.2) is 91.6 Å². The fourth-order valence-electron chi connectivity index (χ4n) is 5.20. The topological polar surface area (TPSA) is 108 Å². The molecule has 0 saturated heterocycles. The number of carbonyl (C=O) groups excluding carboxylic acids is 1. The van der Waals surface area contributed by atoms with Crippen molar-refractivity contribution in [1.82, 2.24) is 24.8 Å². The molecule has 0 bridgehead atoms. The van der Waals surface area contributed by atoms with Crippen molar-refractivity contribution in [3.8, 4) is 22.6 Å². The maximum absolute atomic E-state index is 12.6. The average Bonchev–Trinajstić information content (AvgIpc) is 3.36. The van der Waals surface area contributed by atoms with E-state index in [2.05, 4.69) is 31.0 Å². The first-order valence-electron chi connectivity index (χ1n) is 12.8. The molecule has 1 amide bonds. The summed E-state index contributed by atoms with van der Waals surface area (Å²) in [5.41, 5.74) is 9.85.